The average molecular weight is 297 g/mol. The third-order valence-corrected chi connectivity index (χ3v) is 4.33. The van der Waals surface area contributed by atoms with Crippen LogP contribution in [0, 0.1) is 6.92 Å². The second kappa shape index (κ2) is 5.40. The van der Waals surface area contributed by atoms with Crippen LogP contribution in [0.2, 0.25) is 0 Å². The van der Waals surface area contributed by atoms with E-state index >= 15 is 0 Å². The van der Waals surface area contributed by atoms with E-state index in [4.69, 9.17) is 5.73 Å². The van der Waals surface area contributed by atoms with Gasteiger partial charge < -0.3 is 10.6 Å². The predicted molar refractivity (Wildman–Crippen MR) is 77.5 cm³/mol. The van der Waals surface area contributed by atoms with Gasteiger partial charge in [0, 0.05) is 29.3 Å². The Morgan fingerprint density at radius 3 is 2.53 bits per heavy atom. The van der Waals surface area contributed by atoms with Crippen molar-refractivity contribution in [2.45, 2.75) is 44.7 Å². The van der Waals surface area contributed by atoms with Crippen molar-refractivity contribution in [1.82, 2.24) is 0 Å². The summed E-state index contributed by atoms with van der Waals surface area (Å²) in [5.74, 6) is 0. The second-order valence-corrected chi connectivity index (χ2v) is 6.03. The molecule has 1 aromatic rings. The lowest BCUT2D eigenvalue weighted by Crippen LogP contribution is -2.39. The van der Waals surface area contributed by atoms with Crippen molar-refractivity contribution < 1.29 is 0 Å². The summed E-state index contributed by atoms with van der Waals surface area (Å²) in [6.07, 6.45) is 4.73. The van der Waals surface area contributed by atoms with Crippen LogP contribution in [0.3, 0.4) is 0 Å². The van der Waals surface area contributed by atoms with Crippen molar-refractivity contribution in [2.24, 2.45) is 5.73 Å². The second-order valence-electron chi connectivity index (χ2n) is 5.11. The van der Waals surface area contributed by atoms with E-state index in [2.05, 4.69) is 53.0 Å². The van der Waals surface area contributed by atoms with Gasteiger partial charge in [-0.3, -0.25) is 0 Å². The highest BCUT2D eigenvalue weighted by atomic mass is 79.9. The van der Waals surface area contributed by atoms with Gasteiger partial charge in [0.05, 0.1) is 0 Å². The van der Waals surface area contributed by atoms with Crippen molar-refractivity contribution in [3.63, 3.8) is 0 Å². The Bertz CT molecular complexity index is 384. The van der Waals surface area contributed by atoms with Crippen LogP contribution < -0.4 is 10.6 Å². The minimum atomic E-state index is 0.420. The number of nitrogens with two attached hydrogens (primary N) is 1. The summed E-state index contributed by atoms with van der Waals surface area (Å²) in [7, 11) is 2.20. The fourth-order valence-electron chi connectivity index (χ4n) is 2.65. The first-order chi connectivity index (χ1) is 8.08. The van der Waals surface area contributed by atoms with E-state index in [0.29, 0.717) is 12.1 Å². The number of anilines is 1. The van der Waals surface area contributed by atoms with Crippen LogP contribution in [0.15, 0.2) is 22.7 Å². The summed E-state index contributed by atoms with van der Waals surface area (Å²) in [4.78, 5) is 2.42. The molecule has 0 atom stereocenters. The molecular weight excluding hydrogens is 276 g/mol. The molecule has 3 heteroatoms. The van der Waals surface area contributed by atoms with Crippen LogP contribution in [0.5, 0.6) is 0 Å². The molecule has 2 N–H and O–H groups in total. The Morgan fingerprint density at radius 2 is 1.88 bits per heavy atom. The average Bonchev–Trinajstić information content (AvgIpc) is 2.32. The van der Waals surface area contributed by atoms with E-state index in [1.54, 1.807) is 0 Å². The van der Waals surface area contributed by atoms with Crippen LogP contribution >= 0.6 is 15.9 Å². The number of benzene rings is 1. The third-order valence-electron chi connectivity index (χ3n) is 3.84. The highest BCUT2D eigenvalue weighted by Gasteiger charge is 2.22. The number of rotatable bonds is 2. The van der Waals surface area contributed by atoms with Crippen LogP contribution in [-0.2, 0) is 0 Å². The normalized spacial score (nSPS) is 24.7. The number of aryl methyl sites for hydroxylation is 1. The maximum Gasteiger partial charge on any atom is 0.0407 e. The summed E-state index contributed by atoms with van der Waals surface area (Å²) >= 11 is 3.55. The quantitative estimate of drug-likeness (QED) is 0.905. The lowest BCUT2D eigenvalue weighted by Gasteiger charge is -2.35. The van der Waals surface area contributed by atoms with Crippen LogP contribution in [0.1, 0.15) is 31.2 Å². The van der Waals surface area contributed by atoms with E-state index in [0.717, 1.165) is 17.3 Å². The number of hydrogen-bond acceptors (Lipinski definition) is 2. The molecule has 0 aliphatic heterocycles. The summed E-state index contributed by atoms with van der Waals surface area (Å²) in [6, 6.07) is 7.55. The van der Waals surface area contributed by atoms with E-state index in [-0.39, 0.29) is 0 Å². The molecule has 0 saturated heterocycles. The fourth-order valence-corrected chi connectivity index (χ4v) is 3.00. The largest absolute Gasteiger partial charge is 0.371 e. The zero-order valence-electron chi connectivity index (χ0n) is 10.6. The zero-order chi connectivity index (χ0) is 12.4. The van der Waals surface area contributed by atoms with Crippen molar-refractivity contribution >= 4 is 21.6 Å². The highest BCUT2D eigenvalue weighted by Crippen LogP contribution is 2.29. The highest BCUT2D eigenvalue weighted by molar-refractivity contribution is 9.10. The molecule has 94 valence electrons. The molecule has 2 nitrogen and oxygen atoms in total. The van der Waals surface area contributed by atoms with Gasteiger partial charge in [-0.1, -0.05) is 22.0 Å². The molecule has 0 bridgehead atoms. The molecule has 1 aliphatic carbocycles. The maximum atomic E-state index is 5.96. The first kappa shape index (κ1) is 12.9. The Labute approximate surface area is 112 Å². The lowest BCUT2D eigenvalue weighted by atomic mass is 9.90. The van der Waals surface area contributed by atoms with Gasteiger partial charge in [-0.15, -0.1) is 0 Å². The van der Waals surface area contributed by atoms with Crippen molar-refractivity contribution in [2.75, 3.05) is 11.9 Å². The summed E-state index contributed by atoms with van der Waals surface area (Å²) in [5, 5.41) is 0. The van der Waals surface area contributed by atoms with Crippen molar-refractivity contribution in [1.29, 1.82) is 0 Å². The monoisotopic (exact) mass is 296 g/mol. The fraction of sp³-hybridized carbons (Fsp3) is 0.571. The third kappa shape index (κ3) is 3.02. The van der Waals surface area contributed by atoms with Gasteiger partial charge in [0.1, 0.15) is 0 Å². The molecule has 1 aliphatic rings. The van der Waals surface area contributed by atoms with Gasteiger partial charge in [0.2, 0.25) is 0 Å². The van der Waals surface area contributed by atoms with Crippen LogP contribution in [0.4, 0.5) is 5.69 Å². The molecule has 0 unspecified atom stereocenters. The molecule has 0 radical (unpaired) electrons. The molecule has 1 aromatic carbocycles. The minimum absolute atomic E-state index is 0.420. The number of halogens is 1. The topological polar surface area (TPSA) is 29.3 Å². The number of nitrogens with zero attached hydrogens (tertiary/aromatic N) is 1. The molecule has 1 fully saturated rings. The standard InChI is InChI=1S/C14H21BrN2/c1-10-3-4-11(15)9-14(10)17(2)13-7-5-12(16)6-8-13/h3-4,9,12-13H,5-8,16H2,1-2H3. The van der Waals surface area contributed by atoms with Gasteiger partial charge in [0.15, 0.2) is 0 Å². The molecule has 17 heavy (non-hydrogen) atoms. The molecule has 0 amide bonds. The Hall–Kier alpha value is -0.540. The Kier molecular flexibility index (Phi) is 4.10. The molecule has 0 spiro atoms. The first-order valence-corrected chi connectivity index (χ1v) is 7.12. The van der Waals surface area contributed by atoms with Crippen molar-refractivity contribution in [3.8, 4) is 0 Å². The van der Waals surface area contributed by atoms with Gasteiger partial charge in [-0.25, -0.2) is 0 Å². The lowest BCUT2D eigenvalue weighted by molar-refractivity contribution is 0.385. The SMILES string of the molecule is Cc1ccc(Br)cc1N(C)C1CCC(N)CC1. The maximum absolute atomic E-state index is 5.96. The van der Waals surface area contributed by atoms with E-state index < -0.39 is 0 Å². The summed E-state index contributed by atoms with van der Waals surface area (Å²) in [6.45, 7) is 2.17. The molecule has 2 rings (SSSR count). The molecule has 1 saturated carbocycles. The summed E-state index contributed by atoms with van der Waals surface area (Å²) in [5.41, 5.74) is 8.64. The van der Waals surface area contributed by atoms with Gasteiger partial charge in [-0.05, 0) is 50.3 Å². The smallest absolute Gasteiger partial charge is 0.0407 e. The summed E-state index contributed by atoms with van der Waals surface area (Å²) < 4.78 is 1.15. The van der Waals surface area contributed by atoms with E-state index in [1.165, 1.54) is 24.1 Å². The zero-order valence-corrected chi connectivity index (χ0v) is 12.2. The minimum Gasteiger partial charge on any atom is -0.371 e. The molecule has 0 heterocycles. The van der Waals surface area contributed by atoms with Gasteiger partial charge in [0.25, 0.3) is 0 Å². The Balaban J connectivity index is 2.13. The van der Waals surface area contributed by atoms with Gasteiger partial charge >= 0.3 is 0 Å². The van der Waals surface area contributed by atoms with Crippen LogP contribution in [-0.4, -0.2) is 19.1 Å². The van der Waals surface area contributed by atoms with Crippen molar-refractivity contribution in [3.05, 3.63) is 28.2 Å². The van der Waals surface area contributed by atoms with E-state index in [1.807, 2.05) is 0 Å². The Morgan fingerprint density at radius 1 is 1.24 bits per heavy atom. The predicted octanol–water partition coefficient (Wildman–Crippen LogP) is 3.46. The van der Waals surface area contributed by atoms with Gasteiger partial charge in [-0.2, -0.15) is 0 Å². The van der Waals surface area contributed by atoms with E-state index in [9.17, 15) is 0 Å². The molecular formula is C14H21BrN2. The molecule has 0 aromatic heterocycles. The van der Waals surface area contributed by atoms with Crippen LogP contribution in [0.25, 0.3) is 0 Å². The first-order valence-electron chi connectivity index (χ1n) is 6.32. The number of hydrogen-bond donors (Lipinski definition) is 1.